The van der Waals surface area contributed by atoms with Gasteiger partial charge < -0.3 is 11.8 Å². The minimum absolute atomic E-state index is 0. The number of hydrogen-bond acceptors (Lipinski definition) is 1. The molecule has 11 heavy (non-hydrogen) atoms. The van der Waals surface area contributed by atoms with Gasteiger partial charge in [0.25, 0.3) is 0 Å². The fraction of sp³-hybridized carbons (Fsp3) is 0.875. The molecular formula is C8H13FMoN-. The van der Waals surface area contributed by atoms with E-state index in [1.165, 1.54) is 6.42 Å². The molecule has 2 heterocycles. The van der Waals surface area contributed by atoms with Crippen LogP contribution in [-0.4, -0.2) is 29.7 Å². The van der Waals surface area contributed by atoms with Gasteiger partial charge in [-0.1, -0.05) is 6.42 Å². The number of rotatable bonds is 0. The number of nitrogens with zero attached hydrogens (tertiary/aromatic N) is 1. The summed E-state index contributed by atoms with van der Waals surface area (Å²) in [6, 6.07) is 0. The Labute approximate surface area is 81.6 Å². The topological polar surface area (TPSA) is 3.24 Å². The zero-order valence-corrected chi connectivity index (χ0v) is 8.56. The first-order chi connectivity index (χ1) is 4.71. The van der Waals surface area contributed by atoms with Gasteiger partial charge in [0.05, 0.1) is 0 Å². The van der Waals surface area contributed by atoms with Crippen molar-refractivity contribution in [2.45, 2.75) is 31.0 Å². The van der Waals surface area contributed by atoms with Crippen LogP contribution in [0.3, 0.4) is 0 Å². The van der Waals surface area contributed by atoms with E-state index in [1.54, 1.807) is 0 Å². The van der Waals surface area contributed by atoms with Crippen LogP contribution in [0.2, 0.25) is 0 Å². The number of hydrogen-bond donors (Lipinski definition) is 0. The second-order valence-corrected chi connectivity index (χ2v) is 3.58. The predicted octanol–water partition coefficient (Wildman–Crippen LogP) is 1.39. The number of fused-ring (bicyclic) bond motifs is 1. The zero-order valence-electron chi connectivity index (χ0n) is 6.55. The van der Waals surface area contributed by atoms with Gasteiger partial charge in [0.2, 0.25) is 0 Å². The largest absolute Gasteiger partial charge is 0.324 e. The smallest absolute Gasteiger partial charge is 0.112 e. The van der Waals surface area contributed by atoms with E-state index in [0.29, 0.717) is 13.0 Å². The maximum absolute atomic E-state index is 12.8. The summed E-state index contributed by atoms with van der Waals surface area (Å²) >= 11 is 0. The maximum atomic E-state index is 12.8. The van der Waals surface area contributed by atoms with E-state index in [2.05, 4.69) is 11.8 Å². The van der Waals surface area contributed by atoms with E-state index < -0.39 is 6.17 Å². The van der Waals surface area contributed by atoms with E-state index >= 15 is 0 Å². The van der Waals surface area contributed by atoms with Gasteiger partial charge >= 0.3 is 0 Å². The molecule has 64 valence electrons. The third-order valence-corrected chi connectivity index (χ3v) is 2.76. The van der Waals surface area contributed by atoms with E-state index in [0.717, 1.165) is 13.0 Å². The van der Waals surface area contributed by atoms with Crippen molar-refractivity contribution in [3.05, 3.63) is 6.92 Å². The summed E-state index contributed by atoms with van der Waals surface area (Å²) in [5.74, 6) is 0. The van der Waals surface area contributed by atoms with Gasteiger partial charge in [-0.2, -0.15) is 0 Å². The Balaban J connectivity index is 0.000000605. The van der Waals surface area contributed by atoms with Crippen molar-refractivity contribution in [2.75, 3.05) is 13.1 Å². The van der Waals surface area contributed by atoms with Crippen molar-refractivity contribution in [1.29, 1.82) is 0 Å². The van der Waals surface area contributed by atoms with Crippen molar-refractivity contribution >= 4 is 0 Å². The molecule has 0 spiro atoms. The van der Waals surface area contributed by atoms with Crippen LogP contribution in [0.5, 0.6) is 0 Å². The van der Waals surface area contributed by atoms with Crippen molar-refractivity contribution in [3.63, 3.8) is 0 Å². The third-order valence-electron chi connectivity index (χ3n) is 2.76. The van der Waals surface area contributed by atoms with Gasteiger partial charge in [0.15, 0.2) is 0 Å². The summed E-state index contributed by atoms with van der Waals surface area (Å²) < 4.78 is 12.8. The van der Waals surface area contributed by atoms with E-state index in [1.807, 2.05) is 0 Å². The summed E-state index contributed by atoms with van der Waals surface area (Å²) in [6.07, 6.45) is 2.34. The van der Waals surface area contributed by atoms with Crippen LogP contribution in [0.4, 0.5) is 4.39 Å². The van der Waals surface area contributed by atoms with Crippen LogP contribution in [-0.2, 0) is 21.1 Å². The molecule has 1 nitrogen and oxygen atoms in total. The van der Waals surface area contributed by atoms with Crippen LogP contribution in [0.25, 0.3) is 0 Å². The third kappa shape index (κ3) is 1.53. The molecule has 0 aliphatic carbocycles. The molecule has 2 aliphatic rings. The van der Waals surface area contributed by atoms with Crippen LogP contribution in [0.1, 0.15) is 19.3 Å². The zero-order chi connectivity index (χ0) is 7.19. The van der Waals surface area contributed by atoms with E-state index in [-0.39, 0.29) is 26.6 Å². The Morgan fingerprint density at radius 1 is 1.55 bits per heavy atom. The van der Waals surface area contributed by atoms with Crippen LogP contribution in [0.15, 0.2) is 0 Å². The van der Waals surface area contributed by atoms with Crippen molar-refractivity contribution in [2.24, 2.45) is 0 Å². The monoisotopic (exact) mass is 240 g/mol. The van der Waals surface area contributed by atoms with Gasteiger partial charge in [0.1, 0.15) is 6.17 Å². The second kappa shape index (κ2) is 3.14. The van der Waals surface area contributed by atoms with E-state index in [4.69, 9.17) is 0 Å². The first-order valence-corrected chi connectivity index (χ1v) is 3.95. The number of alkyl halides is 1. The normalized spacial score (nSPS) is 43.6. The second-order valence-electron chi connectivity index (χ2n) is 3.58. The Hall–Kier alpha value is 0.578. The average molecular weight is 238 g/mol. The molecule has 0 aromatic heterocycles. The SMILES string of the molecule is [CH2-][C@@]12CCCN1C[C@H](F)C2.[Mo]. The molecular weight excluding hydrogens is 225 g/mol. The summed E-state index contributed by atoms with van der Waals surface area (Å²) in [4.78, 5) is 2.19. The Morgan fingerprint density at radius 2 is 2.27 bits per heavy atom. The van der Waals surface area contributed by atoms with Crippen LogP contribution in [0, 0.1) is 6.92 Å². The minimum Gasteiger partial charge on any atom is -0.324 e. The predicted molar refractivity (Wildman–Crippen MR) is 38.4 cm³/mol. The molecule has 0 radical (unpaired) electrons. The molecule has 2 rings (SSSR count). The van der Waals surface area contributed by atoms with Crippen LogP contribution >= 0.6 is 0 Å². The molecule has 0 aromatic carbocycles. The van der Waals surface area contributed by atoms with Gasteiger partial charge in [0, 0.05) is 27.6 Å². The van der Waals surface area contributed by atoms with Crippen molar-refractivity contribution in [1.82, 2.24) is 4.90 Å². The summed E-state index contributed by atoms with van der Waals surface area (Å²) in [7, 11) is 0. The quantitative estimate of drug-likeness (QED) is 0.455. The van der Waals surface area contributed by atoms with Crippen molar-refractivity contribution in [3.8, 4) is 0 Å². The molecule has 0 unspecified atom stereocenters. The molecule has 2 aliphatic heterocycles. The molecule has 0 N–H and O–H groups in total. The molecule has 0 aromatic rings. The summed E-state index contributed by atoms with van der Waals surface area (Å²) in [5.41, 5.74) is -0.0145. The van der Waals surface area contributed by atoms with Gasteiger partial charge in [-0.15, -0.1) is 5.54 Å². The van der Waals surface area contributed by atoms with Gasteiger partial charge in [-0.25, -0.2) is 4.39 Å². The molecule has 0 bridgehead atoms. The Kier molecular flexibility index (Phi) is 2.76. The fourth-order valence-corrected chi connectivity index (χ4v) is 2.23. The standard InChI is InChI=1S/C8H13FN.Mo/c1-8-3-2-4-10(8)6-7(9)5-8;/h7H,1-6H2;/q-1;/t7-,8+;/m1./s1. The first kappa shape index (κ1) is 9.66. The Bertz CT molecular complexity index is 153. The maximum Gasteiger partial charge on any atom is 0.112 e. The first-order valence-electron chi connectivity index (χ1n) is 3.95. The molecule has 3 heteroatoms. The molecule has 0 saturated carbocycles. The van der Waals surface area contributed by atoms with Gasteiger partial charge in [-0.3, -0.25) is 0 Å². The summed E-state index contributed by atoms with van der Waals surface area (Å²) in [5, 5.41) is 0. The molecule has 2 saturated heterocycles. The van der Waals surface area contributed by atoms with Crippen molar-refractivity contribution < 1.29 is 25.5 Å². The summed E-state index contributed by atoms with van der Waals surface area (Å²) in [6.45, 7) is 5.76. The number of halogens is 1. The molecule has 2 fully saturated rings. The molecule has 0 amide bonds. The Morgan fingerprint density at radius 3 is 2.91 bits per heavy atom. The molecule has 2 atom stereocenters. The average Bonchev–Trinajstić information content (AvgIpc) is 2.20. The fourth-order valence-electron chi connectivity index (χ4n) is 2.23. The van der Waals surface area contributed by atoms with Gasteiger partial charge in [-0.05, 0) is 19.4 Å². The minimum atomic E-state index is -0.613. The van der Waals surface area contributed by atoms with E-state index in [9.17, 15) is 4.39 Å². The van der Waals surface area contributed by atoms with Crippen LogP contribution < -0.4 is 0 Å².